The molecular formula is C47H88N2O5. The lowest BCUT2D eigenvalue weighted by molar-refractivity contribution is -0.147. The van der Waals surface area contributed by atoms with E-state index in [4.69, 9.17) is 10.5 Å². The Hall–Kier alpha value is -2.15. The molecule has 0 spiro atoms. The number of nitrogens with one attached hydrogen (secondary N) is 1. The molecule has 2 unspecified atom stereocenters. The van der Waals surface area contributed by atoms with Crippen LogP contribution in [0.5, 0.6) is 0 Å². The minimum Gasteiger partial charge on any atom is -0.480 e. The summed E-state index contributed by atoms with van der Waals surface area (Å²) in [7, 11) is 0. The fourth-order valence-electron chi connectivity index (χ4n) is 6.94. The molecule has 0 aromatic carbocycles. The number of aliphatic carboxylic acids is 1. The number of rotatable bonds is 42. The van der Waals surface area contributed by atoms with Gasteiger partial charge in [0.25, 0.3) is 0 Å². The minimum atomic E-state index is -1.00. The van der Waals surface area contributed by atoms with Crippen molar-refractivity contribution in [3.63, 3.8) is 0 Å². The first-order valence-corrected chi connectivity index (χ1v) is 23.2. The summed E-state index contributed by atoms with van der Waals surface area (Å²) in [6.45, 7) is 4.95. The molecule has 0 aromatic heterocycles. The maximum atomic E-state index is 12.8. The molecule has 0 aliphatic carbocycles. The van der Waals surface area contributed by atoms with E-state index in [1.807, 2.05) is 0 Å². The van der Waals surface area contributed by atoms with Gasteiger partial charge in [-0.15, -0.1) is 0 Å². The summed E-state index contributed by atoms with van der Waals surface area (Å²) in [5, 5.41) is 11.9. The first-order chi connectivity index (χ1) is 26.4. The zero-order valence-electron chi connectivity index (χ0n) is 35.6. The molecule has 54 heavy (non-hydrogen) atoms. The molecule has 4 N–H and O–H groups in total. The highest BCUT2D eigenvalue weighted by molar-refractivity contribution is 5.83. The fraction of sp³-hybridized carbons (Fsp3) is 0.851. The van der Waals surface area contributed by atoms with E-state index in [1.165, 1.54) is 135 Å². The molecule has 7 nitrogen and oxygen atoms in total. The highest BCUT2D eigenvalue weighted by Crippen LogP contribution is 2.16. The van der Waals surface area contributed by atoms with Crippen molar-refractivity contribution in [1.82, 2.24) is 5.32 Å². The van der Waals surface area contributed by atoms with Gasteiger partial charge in [-0.3, -0.25) is 9.59 Å². The monoisotopic (exact) mass is 761 g/mol. The van der Waals surface area contributed by atoms with E-state index >= 15 is 0 Å². The summed E-state index contributed by atoms with van der Waals surface area (Å²) >= 11 is 0. The zero-order valence-corrected chi connectivity index (χ0v) is 35.6. The maximum Gasteiger partial charge on any atom is 0.326 e. The topological polar surface area (TPSA) is 119 Å². The summed E-state index contributed by atoms with van der Waals surface area (Å²) < 4.78 is 5.97. The molecule has 0 aliphatic rings. The van der Waals surface area contributed by atoms with Crippen molar-refractivity contribution in [3.8, 4) is 0 Å². The van der Waals surface area contributed by atoms with Crippen LogP contribution in [-0.2, 0) is 19.1 Å². The van der Waals surface area contributed by atoms with Crippen LogP contribution in [0.2, 0.25) is 0 Å². The van der Waals surface area contributed by atoms with E-state index < -0.39 is 12.0 Å². The number of ether oxygens (including phenoxy) is 1. The number of hydrogen-bond donors (Lipinski definition) is 3. The van der Waals surface area contributed by atoms with Crippen molar-refractivity contribution in [1.29, 1.82) is 0 Å². The van der Waals surface area contributed by atoms with Crippen LogP contribution in [0.3, 0.4) is 0 Å². The standard InChI is InChI=1S/C47H88N2O5/c1-3-5-7-9-11-13-14-15-16-17-18-19-20-21-23-25-31-35-41-46(51)54-43(37-32-28-24-22-12-10-8-6-4-2)38-33-29-26-27-30-34-40-45(50)49-44(47(52)53)39-36-42-48/h16-17,32,37,43-44H,3-15,18-31,33-36,38-42,48H2,1-2H3,(H,49,50)(H,52,53)/b17-16-,37-32-. The summed E-state index contributed by atoms with van der Waals surface area (Å²) in [4.78, 5) is 36.3. The second-order valence-electron chi connectivity index (χ2n) is 15.8. The van der Waals surface area contributed by atoms with Crippen LogP contribution in [0.15, 0.2) is 24.3 Å². The van der Waals surface area contributed by atoms with Crippen LogP contribution in [0.4, 0.5) is 0 Å². The Morgan fingerprint density at radius 2 is 0.963 bits per heavy atom. The van der Waals surface area contributed by atoms with E-state index in [0.717, 1.165) is 64.2 Å². The number of carboxylic acids is 1. The fourth-order valence-corrected chi connectivity index (χ4v) is 6.94. The average molecular weight is 761 g/mol. The second kappa shape index (κ2) is 42.0. The molecule has 0 radical (unpaired) electrons. The molecule has 0 heterocycles. The molecule has 0 saturated heterocycles. The minimum absolute atomic E-state index is 0.0599. The van der Waals surface area contributed by atoms with Gasteiger partial charge in [-0.25, -0.2) is 4.79 Å². The van der Waals surface area contributed by atoms with Crippen LogP contribution in [0.1, 0.15) is 239 Å². The van der Waals surface area contributed by atoms with Crippen molar-refractivity contribution in [2.75, 3.05) is 6.54 Å². The van der Waals surface area contributed by atoms with Crippen molar-refractivity contribution in [2.24, 2.45) is 5.73 Å². The van der Waals surface area contributed by atoms with Crippen molar-refractivity contribution in [2.45, 2.75) is 251 Å². The van der Waals surface area contributed by atoms with Gasteiger partial charge >= 0.3 is 11.9 Å². The lowest BCUT2D eigenvalue weighted by atomic mass is 10.0. The SMILES string of the molecule is CCCCCCCCC/C=C\CCCCCCCCCC(=O)OC(/C=C\CCCCCCCCC)CCCCCCCCC(=O)NC(CCCN)C(=O)O. The maximum absolute atomic E-state index is 12.8. The van der Waals surface area contributed by atoms with E-state index in [1.54, 1.807) is 0 Å². The summed E-state index contributed by atoms with van der Waals surface area (Å²) in [6.07, 6.45) is 48.2. The number of hydrogen-bond acceptors (Lipinski definition) is 5. The number of unbranched alkanes of at least 4 members (excludes halogenated alkanes) is 26. The second-order valence-corrected chi connectivity index (χ2v) is 15.8. The highest BCUT2D eigenvalue weighted by atomic mass is 16.5. The number of carbonyl (C=O) groups is 3. The molecule has 0 aromatic rings. The van der Waals surface area contributed by atoms with Gasteiger partial charge in [-0.1, -0.05) is 167 Å². The van der Waals surface area contributed by atoms with Gasteiger partial charge in [0.15, 0.2) is 0 Å². The molecule has 1 amide bonds. The van der Waals surface area contributed by atoms with Crippen molar-refractivity contribution in [3.05, 3.63) is 24.3 Å². The summed E-state index contributed by atoms with van der Waals surface area (Å²) in [5.74, 6) is -1.26. The van der Waals surface area contributed by atoms with E-state index in [-0.39, 0.29) is 18.0 Å². The molecule has 0 saturated carbocycles. The number of carboxylic acid groups (broad SMARTS) is 1. The molecule has 316 valence electrons. The van der Waals surface area contributed by atoms with Crippen molar-refractivity contribution >= 4 is 17.8 Å². The molecule has 0 bridgehead atoms. The van der Waals surface area contributed by atoms with Crippen molar-refractivity contribution < 1.29 is 24.2 Å². The normalized spacial score (nSPS) is 12.8. The number of carbonyl (C=O) groups excluding carboxylic acids is 2. The van der Waals surface area contributed by atoms with Gasteiger partial charge in [0.1, 0.15) is 12.1 Å². The molecule has 7 heteroatoms. The molecule has 2 atom stereocenters. The van der Waals surface area contributed by atoms with Gasteiger partial charge in [0.05, 0.1) is 0 Å². The Balaban J connectivity index is 4.22. The third-order valence-corrected chi connectivity index (χ3v) is 10.5. The van der Waals surface area contributed by atoms with Gasteiger partial charge in [-0.2, -0.15) is 0 Å². The van der Waals surface area contributed by atoms with Crippen LogP contribution >= 0.6 is 0 Å². The van der Waals surface area contributed by atoms with E-state index in [9.17, 15) is 19.5 Å². The quantitative estimate of drug-likeness (QED) is 0.0324. The lowest BCUT2D eigenvalue weighted by Gasteiger charge is -2.15. The third-order valence-electron chi connectivity index (χ3n) is 10.5. The Kier molecular flexibility index (Phi) is 40.3. The third kappa shape index (κ3) is 38.1. The molecule has 0 aliphatic heterocycles. The van der Waals surface area contributed by atoms with Gasteiger partial charge < -0.3 is 20.9 Å². The average Bonchev–Trinajstić information content (AvgIpc) is 3.16. The van der Waals surface area contributed by atoms with E-state index in [0.29, 0.717) is 32.2 Å². The Bertz CT molecular complexity index is 905. The smallest absolute Gasteiger partial charge is 0.326 e. The Labute approximate surface area is 333 Å². The summed E-state index contributed by atoms with van der Waals surface area (Å²) in [6, 6.07) is -0.852. The van der Waals surface area contributed by atoms with Gasteiger partial charge in [0.2, 0.25) is 5.91 Å². The molecule has 0 fully saturated rings. The number of amides is 1. The Morgan fingerprint density at radius 1 is 0.537 bits per heavy atom. The zero-order chi connectivity index (χ0) is 39.6. The number of allylic oxidation sites excluding steroid dienone is 3. The van der Waals surface area contributed by atoms with Crippen LogP contribution in [0, 0.1) is 0 Å². The molecule has 0 rings (SSSR count). The predicted molar refractivity (Wildman–Crippen MR) is 230 cm³/mol. The molecular weight excluding hydrogens is 673 g/mol. The van der Waals surface area contributed by atoms with Gasteiger partial charge in [-0.05, 0) is 89.7 Å². The predicted octanol–water partition coefficient (Wildman–Crippen LogP) is 13.2. The number of esters is 1. The van der Waals surface area contributed by atoms with Crippen LogP contribution in [-0.4, -0.2) is 41.6 Å². The first kappa shape index (κ1) is 51.9. The van der Waals surface area contributed by atoms with E-state index in [2.05, 4.69) is 43.5 Å². The summed E-state index contributed by atoms with van der Waals surface area (Å²) in [5.41, 5.74) is 5.48. The number of nitrogens with two attached hydrogens (primary N) is 1. The van der Waals surface area contributed by atoms with Crippen LogP contribution in [0.25, 0.3) is 0 Å². The highest BCUT2D eigenvalue weighted by Gasteiger charge is 2.18. The Morgan fingerprint density at radius 3 is 1.44 bits per heavy atom. The van der Waals surface area contributed by atoms with Crippen LogP contribution < -0.4 is 11.1 Å². The van der Waals surface area contributed by atoms with Gasteiger partial charge in [0, 0.05) is 12.8 Å². The first-order valence-electron chi connectivity index (χ1n) is 23.2. The lowest BCUT2D eigenvalue weighted by Crippen LogP contribution is -2.40. The largest absolute Gasteiger partial charge is 0.480 e.